The Labute approximate surface area is 132 Å². The van der Waals surface area contributed by atoms with E-state index in [1.165, 1.54) is 0 Å². The van der Waals surface area contributed by atoms with Crippen LogP contribution in [-0.4, -0.2) is 29.3 Å². The van der Waals surface area contributed by atoms with Gasteiger partial charge in [0.15, 0.2) is 17.2 Å². The van der Waals surface area contributed by atoms with Crippen LogP contribution in [0.15, 0.2) is 47.5 Å². The fourth-order valence-electron chi connectivity index (χ4n) is 2.66. The zero-order valence-electron chi connectivity index (χ0n) is 12.8. The molecule has 0 saturated carbocycles. The predicted molar refractivity (Wildman–Crippen MR) is 83.8 cm³/mol. The third-order valence-electron chi connectivity index (χ3n) is 3.69. The Hall–Kier alpha value is -2.96. The van der Waals surface area contributed by atoms with E-state index in [-0.39, 0.29) is 0 Å². The van der Waals surface area contributed by atoms with Crippen LogP contribution in [0.5, 0.6) is 0 Å². The molecule has 0 saturated heterocycles. The topological polar surface area (TPSA) is 74.0 Å². The van der Waals surface area contributed by atoms with Crippen LogP contribution in [0.4, 0.5) is 0 Å². The minimum Gasteiger partial charge on any atom is -0.359 e. The third kappa shape index (κ3) is 2.50. The summed E-state index contributed by atoms with van der Waals surface area (Å²) in [6.45, 7) is 2.71. The van der Waals surface area contributed by atoms with Crippen LogP contribution in [0.1, 0.15) is 24.8 Å². The number of nitrogens with zero attached hydrogens (tertiary/aromatic N) is 6. The highest BCUT2D eigenvalue weighted by Crippen LogP contribution is 2.19. The summed E-state index contributed by atoms with van der Waals surface area (Å²) in [6, 6.07) is 7.84. The van der Waals surface area contributed by atoms with E-state index in [1.807, 2.05) is 35.0 Å². The maximum atomic E-state index is 5.42. The Kier molecular flexibility index (Phi) is 3.38. The highest BCUT2D eigenvalue weighted by Gasteiger charge is 2.13. The van der Waals surface area contributed by atoms with Crippen molar-refractivity contribution in [2.75, 3.05) is 0 Å². The summed E-state index contributed by atoms with van der Waals surface area (Å²) < 4.78 is 9.22. The maximum Gasteiger partial charge on any atom is 0.159 e. The van der Waals surface area contributed by atoms with Gasteiger partial charge in [0.2, 0.25) is 0 Å². The summed E-state index contributed by atoms with van der Waals surface area (Å²) in [5, 5.41) is 8.36. The first-order chi connectivity index (χ1) is 11.3. The second-order valence-electron chi connectivity index (χ2n) is 5.35. The van der Waals surface area contributed by atoms with Crippen LogP contribution in [0.2, 0.25) is 0 Å². The summed E-state index contributed by atoms with van der Waals surface area (Å²) in [4.78, 5) is 8.68. The smallest absolute Gasteiger partial charge is 0.159 e. The first-order valence-electron chi connectivity index (χ1n) is 7.60. The van der Waals surface area contributed by atoms with Crippen LogP contribution in [0.25, 0.3) is 17.2 Å². The highest BCUT2D eigenvalue weighted by atomic mass is 16.5. The summed E-state index contributed by atoms with van der Waals surface area (Å²) >= 11 is 0. The highest BCUT2D eigenvalue weighted by molar-refractivity contribution is 5.56. The van der Waals surface area contributed by atoms with E-state index in [2.05, 4.69) is 27.1 Å². The zero-order valence-corrected chi connectivity index (χ0v) is 12.8. The van der Waals surface area contributed by atoms with E-state index in [9.17, 15) is 0 Å². The van der Waals surface area contributed by atoms with E-state index in [4.69, 9.17) is 4.52 Å². The van der Waals surface area contributed by atoms with Gasteiger partial charge in [-0.25, -0.2) is 14.5 Å². The number of rotatable bonds is 5. The normalized spacial score (nSPS) is 11.3. The quantitative estimate of drug-likeness (QED) is 0.566. The standard InChI is InChI=1S/C16H16N6O/c1-2-4-12-9-13(23-20-12)10-21-8-7-17-16(21)14-5-3-6-15-18-11-19-22(14)15/h3,5-9,11H,2,4,10H2,1H3. The molecular weight excluding hydrogens is 292 g/mol. The molecule has 4 rings (SSSR count). The molecule has 0 amide bonds. The van der Waals surface area contributed by atoms with Crippen molar-refractivity contribution in [1.82, 2.24) is 29.3 Å². The largest absolute Gasteiger partial charge is 0.359 e. The van der Waals surface area contributed by atoms with Crippen LogP contribution in [0.3, 0.4) is 0 Å². The lowest BCUT2D eigenvalue weighted by molar-refractivity contribution is 0.371. The van der Waals surface area contributed by atoms with Gasteiger partial charge < -0.3 is 9.09 Å². The molecule has 7 heteroatoms. The Balaban J connectivity index is 1.69. The first kappa shape index (κ1) is 13.7. The molecule has 23 heavy (non-hydrogen) atoms. The van der Waals surface area contributed by atoms with E-state index in [0.717, 1.165) is 41.5 Å². The average Bonchev–Trinajstić information content (AvgIpc) is 3.28. The van der Waals surface area contributed by atoms with Gasteiger partial charge in [0.1, 0.15) is 12.0 Å². The molecule has 0 bridgehead atoms. The van der Waals surface area contributed by atoms with Gasteiger partial charge in [-0.15, -0.1) is 0 Å². The summed E-state index contributed by atoms with van der Waals surface area (Å²) in [5.74, 6) is 1.63. The van der Waals surface area contributed by atoms with Crippen LogP contribution in [-0.2, 0) is 13.0 Å². The molecule has 0 aromatic carbocycles. The molecule has 0 unspecified atom stereocenters. The first-order valence-corrected chi connectivity index (χ1v) is 7.60. The van der Waals surface area contributed by atoms with E-state index < -0.39 is 0 Å². The summed E-state index contributed by atoms with van der Waals surface area (Å²) in [6.07, 6.45) is 7.22. The monoisotopic (exact) mass is 308 g/mol. The Morgan fingerprint density at radius 2 is 2.17 bits per heavy atom. The number of aryl methyl sites for hydroxylation is 1. The van der Waals surface area contributed by atoms with Gasteiger partial charge in [-0.3, -0.25) is 0 Å². The van der Waals surface area contributed by atoms with Gasteiger partial charge in [-0.05, 0) is 18.6 Å². The number of fused-ring (bicyclic) bond motifs is 1. The van der Waals surface area contributed by atoms with Crippen molar-refractivity contribution in [3.63, 3.8) is 0 Å². The van der Waals surface area contributed by atoms with Gasteiger partial charge in [0.05, 0.1) is 12.2 Å². The molecule has 4 heterocycles. The molecule has 0 radical (unpaired) electrons. The van der Waals surface area contributed by atoms with Crippen molar-refractivity contribution in [2.45, 2.75) is 26.3 Å². The molecule has 0 fully saturated rings. The molecule has 116 valence electrons. The Bertz CT molecular complexity index is 935. The predicted octanol–water partition coefficient (Wildman–Crippen LogP) is 2.58. The molecule has 4 aromatic heterocycles. The van der Waals surface area contributed by atoms with Gasteiger partial charge in [-0.2, -0.15) is 5.10 Å². The number of pyridine rings is 1. The van der Waals surface area contributed by atoms with Crippen LogP contribution in [0, 0.1) is 0 Å². The van der Waals surface area contributed by atoms with Gasteiger partial charge >= 0.3 is 0 Å². The van der Waals surface area contributed by atoms with Crippen molar-refractivity contribution >= 4 is 5.65 Å². The number of hydrogen-bond acceptors (Lipinski definition) is 5. The van der Waals surface area contributed by atoms with Crippen LogP contribution >= 0.6 is 0 Å². The van der Waals surface area contributed by atoms with Crippen LogP contribution < -0.4 is 0 Å². The summed E-state index contributed by atoms with van der Waals surface area (Å²) in [7, 11) is 0. The Morgan fingerprint density at radius 3 is 3.09 bits per heavy atom. The fourth-order valence-corrected chi connectivity index (χ4v) is 2.66. The molecule has 7 nitrogen and oxygen atoms in total. The van der Waals surface area contributed by atoms with Gasteiger partial charge in [-0.1, -0.05) is 24.6 Å². The lowest BCUT2D eigenvalue weighted by Crippen LogP contribution is -2.04. The summed E-state index contributed by atoms with van der Waals surface area (Å²) in [5.41, 5.74) is 2.67. The number of imidazole rings is 1. The minimum atomic E-state index is 0.580. The second kappa shape index (κ2) is 5.68. The molecule has 0 atom stereocenters. The molecule has 0 aliphatic carbocycles. The van der Waals surface area contributed by atoms with Crippen molar-refractivity contribution in [3.05, 3.63) is 54.4 Å². The number of aromatic nitrogens is 6. The molecule has 0 spiro atoms. The Morgan fingerprint density at radius 1 is 1.22 bits per heavy atom. The van der Waals surface area contributed by atoms with Crippen molar-refractivity contribution in [1.29, 1.82) is 0 Å². The van der Waals surface area contributed by atoms with Gasteiger partial charge in [0, 0.05) is 18.5 Å². The zero-order chi connectivity index (χ0) is 15.6. The molecule has 0 aliphatic heterocycles. The molecule has 0 aliphatic rings. The maximum absolute atomic E-state index is 5.42. The van der Waals surface area contributed by atoms with Crippen molar-refractivity contribution < 1.29 is 4.52 Å². The fraction of sp³-hybridized carbons (Fsp3) is 0.250. The average molecular weight is 308 g/mol. The minimum absolute atomic E-state index is 0.580. The third-order valence-corrected chi connectivity index (χ3v) is 3.69. The van der Waals surface area contributed by atoms with Crippen molar-refractivity contribution in [3.8, 4) is 11.5 Å². The molecular formula is C16H16N6O. The lowest BCUT2D eigenvalue weighted by atomic mass is 10.2. The van der Waals surface area contributed by atoms with E-state index >= 15 is 0 Å². The van der Waals surface area contributed by atoms with E-state index in [0.29, 0.717) is 6.54 Å². The second-order valence-corrected chi connectivity index (χ2v) is 5.35. The SMILES string of the molecule is CCCc1cc(Cn2ccnc2-c2cccc3ncnn23)on1. The number of hydrogen-bond donors (Lipinski definition) is 0. The van der Waals surface area contributed by atoms with Crippen molar-refractivity contribution in [2.24, 2.45) is 0 Å². The molecule has 0 N–H and O–H groups in total. The van der Waals surface area contributed by atoms with Gasteiger partial charge in [0.25, 0.3) is 0 Å². The molecule has 4 aromatic rings. The van der Waals surface area contributed by atoms with E-state index in [1.54, 1.807) is 17.0 Å². The lowest BCUT2D eigenvalue weighted by Gasteiger charge is -2.07.